The van der Waals surface area contributed by atoms with Crippen LogP contribution in [0, 0.1) is 35.5 Å². The molecule has 7 rings (SSSR count). The van der Waals surface area contributed by atoms with E-state index in [-0.39, 0.29) is 11.1 Å². The van der Waals surface area contributed by atoms with E-state index in [2.05, 4.69) is 65.9 Å². The molecule has 0 spiro atoms. The number of ether oxygens (including phenoxy) is 1. The molecule has 57 heavy (non-hydrogen) atoms. The third kappa shape index (κ3) is 9.60. The standard InChI is InChI=1S/C51H30O6/c52-34-57-49-29-17-40(18-30-49)6-5-37-11-23-43(24-12-37)48-32-46(41-19-7-35(8-20-41)1-3-38-13-25-44(26-14-38)50(53)54)31-47(33-48)42-21-9-36(10-22-42)2-4-39-15-27-45(28-16-39)51(55)56/h7-34H,(H,53,54)(H,55,56). The zero-order chi connectivity index (χ0) is 39.6. The second kappa shape index (κ2) is 17.2. The second-order valence-electron chi connectivity index (χ2n) is 12.8. The highest BCUT2D eigenvalue weighted by atomic mass is 16.5. The minimum absolute atomic E-state index is 0.217. The van der Waals surface area contributed by atoms with Crippen molar-refractivity contribution in [1.82, 2.24) is 0 Å². The summed E-state index contributed by atoms with van der Waals surface area (Å²) in [6.07, 6.45) is 0. The van der Waals surface area contributed by atoms with Gasteiger partial charge >= 0.3 is 11.9 Å². The van der Waals surface area contributed by atoms with E-state index in [0.29, 0.717) is 12.2 Å². The number of aromatic carboxylic acids is 2. The van der Waals surface area contributed by atoms with Crippen molar-refractivity contribution in [3.63, 3.8) is 0 Å². The fourth-order valence-electron chi connectivity index (χ4n) is 5.86. The van der Waals surface area contributed by atoms with E-state index < -0.39 is 11.9 Å². The zero-order valence-corrected chi connectivity index (χ0v) is 30.2. The highest BCUT2D eigenvalue weighted by Crippen LogP contribution is 2.33. The van der Waals surface area contributed by atoms with Gasteiger partial charge in [0.05, 0.1) is 11.1 Å². The summed E-state index contributed by atoms with van der Waals surface area (Å²) < 4.78 is 4.86. The van der Waals surface area contributed by atoms with Gasteiger partial charge in [0.25, 0.3) is 6.47 Å². The molecule has 7 aromatic carbocycles. The van der Waals surface area contributed by atoms with Gasteiger partial charge in [0.2, 0.25) is 0 Å². The van der Waals surface area contributed by atoms with Gasteiger partial charge in [0, 0.05) is 33.4 Å². The molecule has 0 bridgehead atoms. The van der Waals surface area contributed by atoms with Crippen molar-refractivity contribution in [3.05, 3.63) is 208 Å². The average molecular weight is 739 g/mol. The summed E-state index contributed by atoms with van der Waals surface area (Å²) in [5.74, 6) is 17.4. The monoisotopic (exact) mass is 738 g/mol. The number of carbonyl (C=O) groups excluding carboxylic acids is 1. The van der Waals surface area contributed by atoms with Crippen molar-refractivity contribution in [2.45, 2.75) is 0 Å². The molecule has 2 N–H and O–H groups in total. The van der Waals surface area contributed by atoms with Crippen molar-refractivity contribution in [3.8, 4) is 74.7 Å². The lowest BCUT2D eigenvalue weighted by Crippen LogP contribution is -1.94. The molecule has 0 atom stereocenters. The molecule has 6 nitrogen and oxygen atoms in total. The van der Waals surface area contributed by atoms with E-state index in [4.69, 9.17) is 14.9 Å². The van der Waals surface area contributed by atoms with Crippen molar-refractivity contribution >= 4 is 18.4 Å². The van der Waals surface area contributed by atoms with Crippen LogP contribution in [0.1, 0.15) is 54.1 Å². The van der Waals surface area contributed by atoms with Gasteiger partial charge in [0.15, 0.2) is 0 Å². The normalized spacial score (nSPS) is 10.0. The molecule has 0 fully saturated rings. The molecule has 0 aromatic heterocycles. The first-order valence-corrected chi connectivity index (χ1v) is 17.7. The van der Waals surface area contributed by atoms with Gasteiger partial charge < -0.3 is 14.9 Å². The molecule has 0 aliphatic carbocycles. The van der Waals surface area contributed by atoms with E-state index in [0.717, 1.165) is 66.8 Å². The maximum atomic E-state index is 11.2. The largest absolute Gasteiger partial charge is 0.478 e. The molecule has 7 aromatic rings. The van der Waals surface area contributed by atoms with Gasteiger partial charge in [-0.1, -0.05) is 71.9 Å². The maximum absolute atomic E-state index is 11.2. The Morgan fingerprint density at radius 1 is 0.368 bits per heavy atom. The molecule has 0 saturated carbocycles. The van der Waals surface area contributed by atoms with Gasteiger partial charge in [-0.25, -0.2) is 9.59 Å². The number of carbonyl (C=O) groups is 3. The molecule has 270 valence electrons. The second-order valence-corrected chi connectivity index (χ2v) is 12.8. The number of benzene rings is 7. The van der Waals surface area contributed by atoms with Crippen LogP contribution >= 0.6 is 0 Å². The minimum Gasteiger partial charge on any atom is -0.478 e. The Balaban J connectivity index is 1.17. The Morgan fingerprint density at radius 2 is 0.614 bits per heavy atom. The van der Waals surface area contributed by atoms with Crippen LogP contribution in [-0.2, 0) is 4.79 Å². The predicted octanol–water partition coefficient (Wildman–Crippen LogP) is 9.82. The van der Waals surface area contributed by atoms with Gasteiger partial charge in [-0.15, -0.1) is 0 Å². The number of carboxylic acids is 2. The topological polar surface area (TPSA) is 101 Å². The number of carboxylic acid groups (broad SMARTS) is 2. The molecular formula is C51H30O6. The zero-order valence-electron chi connectivity index (χ0n) is 30.2. The van der Waals surface area contributed by atoms with Crippen molar-refractivity contribution < 1.29 is 29.3 Å². The Morgan fingerprint density at radius 3 is 0.860 bits per heavy atom. The van der Waals surface area contributed by atoms with E-state index in [9.17, 15) is 14.4 Å². The first-order valence-electron chi connectivity index (χ1n) is 17.7. The van der Waals surface area contributed by atoms with Crippen molar-refractivity contribution in [2.75, 3.05) is 0 Å². The SMILES string of the molecule is O=COc1ccc(C#Cc2ccc(-c3cc(-c4ccc(C#Cc5ccc(C(=O)O)cc5)cc4)cc(-c4ccc(C#Cc5ccc(C(=O)O)cc5)cc4)c3)cc2)cc1. The minimum atomic E-state index is -0.975. The van der Waals surface area contributed by atoms with Crippen molar-refractivity contribution in [1.29, 1.82) is 0 Å². The average Bonchev–Trinajstić information content (AvgIpc) is 3.25. The highest BCUT2D eigenvalue weighted by molar-refractivity contribution is 5.88. The molecule has 0 heterocycles. The van der Waals surface area contributed by atoms with Crippen molar-refractivity contribution in [2.24, 2.45) is 0 Å². The molecule has 0 unspecified atom stereocenters. The summed E-state index contributed by atoms with van der Waals surface area (Å²) in [5.41, 5.74) is 11.3. The van der Waals surface area contributed by atoms with E-state index in [1.54, 1.807) is 72.8 Å². The van der Waals surface area contributed by atoms with Crippen LogP contribution in [0.15, 0.2) is 164 Å². The lowest BCUT2D eigenvalue weighted by atomic mass is 9.92. The summed E-state index contributed by atoms with van der Waals surface area (Å²) in [6.45, 7) is 0.393. The van der Waals surface area contributed by atoms with Gasteiger partial charge in [-0.05, 0) is 161 Å². The fraction of sp³-hybridized carbons (Fsp3) is 0. The summed E-state index contributed by atoms with van der Waals surface area (Å²) in [7, 11) is 0. The number of hydrogen-bond acceptors (Lipinski definition) is 4. The first-order chi connectivity index (χ1) is 27.8. The van der Waals surface area contributed by atoms with Crippen LogP contribution in [0.5, 0.6) is 5.75 Å². The summed E-state index contributed by atoms with van der Waals surface area (Å²) in [5, 5.41) is 18.3. The molecule has 0 radical (unpaired) electrons. The van der Waals surface area contributed by atoms with Gasteiger partial charge in [-0.2, -0.15) is 0 Å². The highest BCUT2D eigenvalue weighted by Gasteiger charge is 2.09. The van der Waals surface area contributed by atoms with E-state index in [1.165, 1.54) is 0 Å². The van der Waals surface area contributed by atoms with Crippen LogP contribution < -0.4 is 4.74 Å². The molecule has 6 heteroatoms. The Labute approximate surface area is 329 Å². The number of rotatable bonds is 7. The smallest absolute Gasteiger partial charge is 0.335 e. The summed E-state index contributed by atoms with van der Waals surface area (Å²) in [6, 6.07) is 50.6. The third-order valence-electron chi connectivity index (χ3n) is 8.94. The Bertz CT molecular complexity index is 2650. The molecular weight excluding hydrogens is 709 g/mol. The molecule has 0 aliphatic rings. The molecule has 0 aliphatic heterocycles. The van der Waals surface area contributed by atoms with Gasteiger partial charge in [-0.3, -0.25) is 4.79 Å². The molecule has 0 amide bonds. The fourth-order valence-corrected chi connectivity index (χ4v) is 5.86. The van der Waals surface area contributed by atoms with E-state index in [1.807, 2.05) is 60.7 Å². The quantitative estimate of drug-likeness (QED) is 0.125. The molecule has 0 saturated heterocycles. The summed E-state index contributed by atoms with van der Waals surface area (Å²) in [4.78, 5) is 33.0. The van der Waals surface area contributed by atoms with Crippen LogP contribution in [0.25, 0.3) is 33.4 Å². The van der Waals surface area contributed by atoms with E-state index >= 15 is 0 Å². The summed E-state index contributed by atoms with van der Waals surface area (Å²) >= 11 is 0. The lowest BCUT2D eigenvalue weighted by Gasteiger charge is -2.12. The lowest BCUT2D eigenvalue weighted by molar-refractivity contribution is -0.120. The first kappa shape index (κ1) is 37.0. The number of hydrogen-bond donors (Lipinski definition) is 2. The van der Waals surface area contributed by atoms with Crippen LogP contribution in [0.4, 0.5) is 0 Å². The third-order valence-corrected chi connectivity index (χ3v) is 8.94. The predicted molar refractivity (Wildman–Crippen MR) is 221 cm³/mol. The Hall–Kier alpha value is -8.37. The van der Waals surface area contributed by atoms with Gasteiger partial charge in [0.1, 0.15) is 5.75 Å². The van der Waals surface area contributed by atoms with Crippen LogP contribution in [-0.4, -0.2) is 28.6 Å². The van der Waals surface area contributed by atoms with Crippen LogP contribution in [0.2, 0.25) is 0 Å². The van der Waals surface area contributed by atoms with Crippen LogP contribution in [0.3, 0.4) is 0 Å². The Kier molecular flexibility index (Phi) is 11.1. The maximum Gasteiger partial charge on any atom is 0.335 e.